The Morgan fingerprint density at radius 2 is 2.17 bits per heavy atom. The van der Waals surface area contributed by atoms with Crippen molar-refractivity contribution in [2.24, 2.45) is 0 Å². The standard InChI is InChI=1S/C11H18O/c1-5-8-10(4)11(7-3)12-9-6-2/h5-6,8,11H,1-2,7,9H2,3-4H3/b10-8+. The number of ether oxygens (including phenoxy) is 1. The van der Waals surface area contributed by atoms with Crippen LogP contribution in [0.3, 0.4) is 0 Å². The minimum atomic E-state index is 0.209. The zero-order valence-corrected chi connectivity index (χ0v) is 8.05. The van der Waals surface area contributed by atoms with Crippen LogP contribution in [0.4, 0.5) is 0 Å². The maximum Gasteiger partial charge on any atom is 0.0787 e. The minimum absolute atomic E-state index is 0.209. The van der Waals surface area contributed by atoms with E-state index in [4.69, 9.17) is 4.74 Å². The van der Waals surface area contributed by atoms with Gasteiger partial charge in [-0.25, -0.2) is 0 Å². The molecule has 0 aliphatic rings. The van der Waals surface area contributed by atoms with E-state index in [1.54, 1.807) is 12.2 Å². The largest absolute Gasteiger partial charge is 0.370 e. The topological polar surface area (TPSA) is 9.23 Å². The molecule has 0 radical (unpaired) electrons. The summed E-state index contributed by atoms with van der Waals surface area (Å²) in [5.74, 6) is 0. The molecule has 68 valence electrons. The molecular formula is C11H18O. The summed E-state index contributed by atoms with van der Waals surface area (Å²) in [7, 11) is 0. The number of hydrogen-bond donors (Lipinski definition) is 0. The van der Waals surface area contributed by atoms with E-state index in [-0.39, 0.29) is 6.10 Å². The Morgan fingerprint density at radius 1 is 1.50 bits per heavy atom. The van der Waals surface area contributed by atoms with E-state index in [9.17, 15) is 0 Å². The third-order valence-electron chi connectivity index (χ3n) is 1.67. The first-order valence-electron chi connectivity index (χ1n) is 4.28. The van der Waals surface area contributed by atoms with Gasteiger partial charge < -0.3 is 4.74 Å². The lowest BCUT2D eigenvalue weighted by Gasteiger charge is -2.15. The van der Waals surface area contributed by atoms with Gasteiger partial charge in [-0.2, -0.15) is 0 Å². The lowest BCUT2D eigenvalue weighted by atomic mass is 10.1. The van der Waals surface area contributed by atoms with Crippen LogP contribution in [0.1, 0.15) is 20.3 Å². The summed E-state index contributed by atoms with van der Waals surface area (Å²) in [4.78, 5) is 0. The Kier molecular flexibility index (Phi) is 6.39. The van der Waals surface area contributed by atoms with Gasteiger partial charge in [0.25, 0.3) is 0 Å². The molecular weight excluding hydrogens is 148 g/mol. The average molecular weight is 166 g/mol. The molecule has 0 aliphatic heterocycles. The first kappa shape index (κ1) is 11.2. The molecule has 0 aromatic carbocycles. The summed E-state index contributed by atoms with van der Waals surface area (Å²) < 4.78 is 5.52. The quantitative estimate of drug-likeness (QED) is 0.435. The Labute approximate surface area is 75.4 Å². The van der Waals surface area contributed by atoms with Gasteiger partial charge in [-0.3, -0.25) is 0 Å². The van der Waals surface area contributed by atoms with Crippen molar-refractivity contribution < 1.29 is 4.74 Å². The summed E-state index contributed by atoms with van der Waals surface area (Å²) in [6.07, 6.45) is 6.74. The highest BCUT2D eigenvalue weighted by Gasteiger charge is 2.05. The number of rotatable bonds is 6. The van der Waals surface area contributed by atoms with E-state index < -0.39 is 0 Å². The summed E-state index contributed by atoms with van der Waals surface area (Å²) in [6, 6.07) is 0. The fraction of sp³-hybridized carbons (Fsp3) is 0.455. The van der Waals surface area contributed by atoms with Gasteiger partial charge in [-0.1, -0.05) is 31.7 Å². The van der Waals surface area contributed by atoms with Crippen molar-refractivity contribution in [1.29, 1.82) is 0 Å². The highest BCUT2D eigenvalue weighted by molar-refractivity contribution is 5.12. The van der Waals surface area contributed by atoms with Crippen LogP contribution in [-0.2, 0) is 4.74 Å². The molecule has 0 spiro atoms. The Balaban J connectivity index is 4.03. The predicted octanol–water partition coefficient (Wildman–Crippen LogP) is 3.10. The minimum Gasteiger partial charge on any atom is -0.370 e. The Bertz CT molecular complexity index is 168. The van der Waals surface area contributed by atoms with E-state index in [2.05, 4.69) is 27.0 Å². The molecule has 0 aromatic heterocycles. The van der Waals surface area contributed by atoms with Crippen LogP contribution in [0.2, 0.25) is 0 Å². The molecule has 0 rings (SSSR count). The van der Waals surface area contributed by atoms with Crippen molar-refractivity contribution in [3.05, 3.63) is 37.0 Å². The van der Waals surface area contributed by atoms with Crippen molar-refractivity contribution in [2.45, 2.75) is 26.4 Å². The summed E-state index contributed by atoms with van der Waals surface area (Å²) in [5.41, 5.74) is 1.22. The summed E-state index contributed by atoms with van der Waals surface area (Å²) >= 11 is 0. The summed E-state index contributed by atoms with van der Waals surface area (Å²) in [6.45, 7) is 12.0. The summed E-state index contributed by atoms with van der Waals surface area (Å²) in [5, 5.41) is 0. The van der Waals surface area contributed by atoms with Gasteiger partial charge in [0.15, 0.2) is 0 Å². The van der Waals surface area contributed by atoms with Gasteiger partial charge in [0.1, 0.15) is 0 Å². The molecule has 1 unspecified atom stereocenters. The second-order valence-electron chi connectivity index (χ2n) is 2.67. The second-order valence-corrected chi connectivity index (χ2v) is 2.67. The highest BCUT2D eigenvalue weighted by Crippen LogP contribution is 2.09. The van der Waals surface area contributed by atoms with Crippen molar-refractivity contribution in [3.63, 3.8) is 0 Å². The highest BCUT2D eigenvalue weighted by atomic mass is 16.5. The van der Waals surface area contributed by atoms with Crippen LogP contribution in [-0.4, -0.2) is 12.7 Å². The van der Waals surface area contributed by atoms with Gasteiger partial charge in [0.05, 0.1) is 12.7 Å². The molecule has 0 aromatic rings. The van der Waals surface area contributed by atoms with Gasteiger partial charge in [-0.05, 0) is 18.9 Å². The van der Waals surface area contributed by atoms with Crippen LogP contribution in [0.25, 0.3) is 0 Å². The van der Waals surface area contributed by atoms with Crippen LogP contribution in [0, 0.1) is 0 Å². The molecule has 0 fully saturated rings. The molecule has 0 saturated carbocycles. The number of hydrogen-bond acceptors (Lipinski definition) is 1. The van der Waals surface area contributed by atoms with E-state index in [0.717, 1.165) is 6.42 Å². The maximum absolute atomic E-state index is 5.52. The molecule has 0 saturated heterocycles. The first-order valence-corrected chi connectivity index (χ1v) is 4.28. The van der Waals surface area contributed by atoms with Crippen molar-refractivity contribution in [2.75, 3.05) is 6.61 Å². The van der Waals surface area contributed by atoms with Gasteiger partial charge in [-0.15, -0.1) is 6.58 Å². The van der Waals surface area contributed by atoms with Crippen LogP contribution in [0.5, 0.6) is 0 Å². The molecule has 1 nitrogen and oxygen atoms in total. The molecule has 0 heterocycles. The fourth-order valence-electron chi connectivity index (χ4n) is 1.05. The van der Waals surface area contributed by atoms with Gasteiger partial charge in [0.2, 0.25) is 0 Å². The molecule has 1 heteroatoms. The van der Waals surface area contributed by atoms with Crippen LogP contribution >= 0.6 is 0 Å². The molecule has 0 bridgehead atoms. The van der Waals surface area contributed by atoms with E-state index in [1.165, 1.54) is 5.57 Å². The maximum atomic E-state index is 5.52. The first-order chi connectivity index (χ1) is 5.76. The average Bonchev–Trinajstić information content (AvgIpc) is 2.06. The fourth-order valence-corrected chi connectivity index (χ4v) is 1.05. The van der Waals surface area contributed by atoms with E-state index >= 15 is 0 Å². The van der Waals surface area contributed by atoms with Gasteiger partial charge in [0, 0.05) is 0 Å². The third-order valence-corrected chi connectivity index (χ3v) is 1.67. The van der Waals surface area contributed by atoms with Crippen molar-refractivity contribution >= 4 is 0 Å². The lowest BCUT2D eigenvalue weighted by Crippen LogP contribution is -2.12. The molecule has 0 N–H and O–H groups in total. The van der Waals surface area contributed by atoms with Gasteiger partial charge >= 0.3 is 0 Å². The molecule has 0 amide bonds. The van der Waals surface area contributed by atoms with Crippen LogP contribution < -0.4 is 0 Å². The zero-order chi connectivity index (χ0) is 9.40. The SMILES string of the molecule is C=C/C=C(\C)C(CC)OCC=C. The van der Waals surface area contributed by atoms with Crippen LogP contribution in [0.15, 0.2) is 37.0 Å². The third kappa shape index (κ3) is 4.14. The monoisotopic (exact) mass is 166 g/mol. The molecule has 0 aliphatic carbocycles. The molecule has 1 atom stereocenters. The molecule has 12 heavy (non-hydrogen) atoms. The Morgan fingerprint density at radius 3 is 2.58 bits per heavy atom. The smallest absolute Gasteiger partial charge is 0.0787 e. The van der Waals surface area contributed by atoms with E-state index in [1.807, 2.05) is 6.08 Å². The van der Waals surface area contributed by atoms with E-state index in [0.29, 0.717) is 6.61 Å². The zero-order valence-electron chi connectivity index (χ0n) is 8.05. The normalized spacial score (nSPS) is 14.0. The number of allylic oxidation sites excluding steroid dienone is 2. The second kappa shape index (κ2) is 6.86. The lowest BCUT2D eigenvalue weighted by molar-refractivity contribution is 0.0981. The Hall–Kier alpha value is -0.820. The predicted molar refractivity (Wildman–Crippen MR) is 54.2 cm³/mol. The van der Waals surface area contributed by atoms with Crippen molar-refractivity contribution in [1.82, 2.24) is 0 Å². The van der Waals surface area contributed by atoms with Crippen molar-refractivity contribution in [3.8, 4) is 0 Å².